The van der Waals surface area contributed by atoms with E-state index in [0.29, 0.717) is 19.5 Å². The molecule has 0 radical (unpaired) electrons. The number of halogens is 2. The maximum atomic E-state index is 13.8. The Morgan fingerprint density at radius 2 is 2.00 bits per heavy atom. The molecule has 0 saturated heterocycles. The summed E-state index contributed by atoms with van der Waals surface area (Å²) in [6, 6.07) is 9.39. The topological polar surface area (TPSA) is 75.3 Å². The minimum Gasteiger partial charge on any atom is -0.427 e. The molecule has 1 aliphatic carbocycles. The molecular weight excluding hydrogens is 473 g/mol. The van der Waals surface area contributed by atoms with Crippen LogP contribution in [0.15, 0.2) is 36.5 Å². The Morgan fingerprint density at radius 1 is 1.25 bits per heavy atom. The second-order valence-corrected chi connectivity index (χ2v) is 8.09. The van der Waals surface area contributed by atoms with E-state index in [1.807, 2.05) is 24.3 Å². The van der Waals surface area contributed by atoms with Crippen molar-refractivity contribution in [2.45, 2.75) is 37.8 Å². The molecular formula is C19H23BFIN4O2. The molecule has 1 saturated carbocycles. The number of nitrogens with one attached hydrogen (secondary N) is 3. The number of carbonyl (C=O) groups excluding carboxylic acids is 1. The summed E-state index contributed by atoms with van der Waals surface area (Å²) in [5.74, 6) is -0.504. The molecule has 1 heterocycles. The SMILES string of the molecule is COBNC1CCC(NC(=O)c2cc(F)cnc2Nc2cccc(I)c2)CC1. The maximum Gasteiger partial charge on any atom is 0.360 e. The van der Waals surface area contributed by atoms with Gasteiger partial charge in [0.2, 0.25) is 0 Å². The van der Waals surface area contributed by atoms with Crippen LogP contribution in [0.2, 0.25) is 0 Å². The van der Waals surface area contributed by atoms with Gasteiger partial charge in [0.15, 0.2) is 0 Å². The van der Waals surface area contributed by atoms with Crippen molar-refractivity contribution < 1.29 is 13.8 Å². The number of hydrogen-bond acceptors (Lipinski definition) is 5. The van der Waals surface area contributed by atoms with Gasteiger partial charge in [-0.15, -0.1) is 0 Å². The zero-order chi connectivity index (χ0) is 19.9. The van der Waals surface area contributed by atoms with Crippen LogP contribution in [-0.2, 0) is 4.65 Å². The van der Waals surface area contributed by atoms with Gasteiger partial charge in [-0.3, -0.25) is 4.79 Å². The normalized spacial score (nSPS) is 19.1. The van der Waals surface area contributed by atoms with Crippen molar-refractivity contribution in [3.8, 4) is 0 Å². The third-order valence-corrected chi connectivity index (χ3v) is 5.44. The van der Waals surface area contributed by atoms with Crippen molar-refractivity contribution in [1.82, 2.24) is 15.5 Å². The van der Waals surface area contributed by atoms with Gasteiger partial charge in [0.1, 0.15) is 11.6 Å². The molecule has 1 aromatic carbocycles. The molecule has 6 nitrogen and oxygen atoms in total. The molecule has 1 aromatic heterocycles. The van der Waals surface area contributed by atoms with Crippen LogP contribution in [0, 0.1) is 9.39 Å². The number of nitrogens with zero attached hydrogens (tertiary/aromatic N) is 1. The molecule has 0 unspecified atom stereocenters. The Kier molecular flexibility index (Phi) is 7.63. The fourth-order valence-corrected chi connectivity index (χ4v) is 3.86. The van der Waals surface area contributed by atoms with Crippen LogP contribution in [-0.4, -0.2) is 37.7 Å². The molecule has 0 aliphatic heterocycles. The zero-order valence-corrected chi connectivity index (χ0v) is 17.8. The Morgan fingerprint density at radius 3 is 2.71 bits per heavy atom. The monoisotopic (exact) mass is 496 g/mol. The fraction of sp³-hybridized carbons (Fsp3) is 0.368. The van der Waals surface area contributed by atoms with E-state index in [-0.39, 0.29) is 17.5 Å². The van der Waals surface area contributed by atoms with Gasteiger partial charge in [0.05, 0.1) is 11.8 Å². The van der Waals surface area contributed by atoms with Crippen molar-refractivity contribution in [3.63, 3.8) is 0 Å². The van der Waals surface area contributed by atoms with Gasteiger partial charge in [-0.05, 0) is 78.6 Å². The van der Waals surface area contributed by atoms with Crippen LogP contribution in [0.1, 0.15) is 36.0 Å². The highest BCUT2D eigenvalue weighted by Crippen LogP contribution is 2.23. The van der Waals surface area contributed by atoms with E-state index in [0.717, 1.165) is 41.1 Å². The highest BCUT2D eigenvalue weighted by molar-refractivity contribution is 14.1. The van der Waals surface area contributed by atoms with Gasteiger partial charge in [-0.2, -0.15) is 0 Å². The molecule has 28 heavy (non-hydrogen) atoms. The van der Waals surface area contributed by atoms with Crippen LogP contribution in [0.5, 0.6) is 0 Å². The third kappa shape index (κ3) is 5.89. The number of pyridine rings is 1. The molecule has 1 fully saturated rings. The summed E-state index contributed by atoms with van der Waals surface area (Å²) in [6.07, 6.45) is 4.78. The van der Waals surface area contributed by atoms with E-state index in [1.54, 1.807) is 7.11 Å². The first-order chi connectivity index (χ1) is 13.5. The fourth-order valence-electron chi connectivity index (χ4n) is 3.32. The molecule has 3 rings (SSSR count). The van der Waals surface area contributed by atoms with Gasteiger partial charge in [-0.25, -0.2) is 9.37 Å². The Bertz CT molecular complexity index is 818. The number of amides is 1. The molecule has 1 amide bonds. The van der Waals surface area contributed by atoms with Crippen LogP contribution in [0.4, 0.5) is 15.9 Å². The number of benzene rings is 1. The van der Waals surface area contributed by atoms with Gasteiger partial charge in [0, 0.05) is 22.4 Å². The highest BCUT2D eigenvalue weighted by atomic mass is 127. The number of hydrogen-bond donors (Lipinski definition) is 3. The summed E-state index contributed by atoms with van der Waals surface area (Å²) in [7, 11) is 2.19. The molecule has 9 heteroatoms. The van der Waals surface area contributed by atoms with Crippen molar-refractivity contribution in [3.05, 3.63) is 51.5 Å². The second-order valence-electron chi connectivity index (χ2n) is 6.84. The number of carbonyl (C=O) groups is 1. The van der Waals surface area contributed by atoms with Crippen LogP contribution < -0.4 is 15.9 Å². The third-order valence-electron chi connectivity index (χ3n) is 4.77. The lowest BCUT2D eigenvalue weighted by Crippen LogP contribution is -2.43. The molecule has 0 bridgehead atoms. The summed E-state index contributed by atoms with van der Waals surface area (Å²) in [5, 5.41) is 9.47. The van der Waals surface area contributed by atoms with Gasteiger partial charge in [-0.1, -0.05) is 6.07 Å². The van der Waals surface area contributed by atoms with Gasteiger partial charge < -0.3 is 20.5 Å². The van der Waals surface area contributed by atoms with Crippen molar-refractivity contribution in [2.75, 3.05) is 12.4 Å². The quantitative estimate of drug-likeness (QED) is 0.406. The lowest BCUT2D eigenvalue weighted by atomic mass is 9.89. The molecule has 2 aromatic rings. The second kappa shape index (κ2) is 10.2. The van der Waals surface area contributed by atoms with E-state index in [2.05, 4.69) is 43.4 Å². The Labute approximate surface area is 178 Å². The first-order valence-electron chi connectivity index (χ1n) is 9.26. The van der Waals surface area contributed by atoms with E-state index in [1.165, 1.54) is 6.07 Å². The number of aromatic nitrogens is 1. The van der Waals surface area contributed by atoms with Crippen LogP contribution in [0.25, 0.3) is 0 Å². The summed E-state index contributed by atoms with van der Waals surface area (Å²) < 4.78 is 19.9. The molecule has 1 aliphatic rings. The smallest absolute Gasteiger partial charge is 0.360 e. The standard InChI is InChI=1S/C19H23BFIN4O2/c1-28-20-26-15-7-5-14(6-8-15)25-19(27)17-9-12(21)11-23-18(17)24-16-4-2-3-13(22)10-16/h2-4,9-11,14-15,20,26H,5-8H2,1H3,(H,23,24)(H,25,27). The van der Waals surface area contributed by atoms with Gasteiger partial charge in [0.25, 0.3) is 5.91 Å². The van der Waals surface area contributed by atoms with Crippen molar-refractivity contribution in [1.29, 1.82) is 0 Å². The Hall–Kier alpha value is -1.72. The first-order valence-corrected chi connectivity index (χ1v) is 10.3. The van der Waals surface area contributed by atoms with Crippen LogP contribution in [0.3, 0.4) is 0 Å². The van der Waals surface area contributed by atoms with E-state index >= 15 is 0 Å². The molecule has 0 atom stereocenters. The maximum absolute atomic E-state index is 13.8. The summed E-state index contributed by atoms with van der Waals surface area (Å²) in [4.78, 5) is 16.9. The van der Waals surface area contributed by atoms with Crippen LogP contribution >= 0.6 is 22.6 Å². The lowest BCUT2D eigenvalue weighted by Gasteiger charge is -2.29. The average Bonchev–Trinajstić information content (AvgIpc) is 2.69. The first kappa shape index (κ1) is 21.0. The summed E-state index contributed by atoms with van der Waals surface area (Å²) in [6.45, 7) is 0. The van der Waals surface area contributed by atoms with Crippen molar-refractivity contribution >= 4 is 47.6 Å². The highest BCUT2D eigenvalue weighted by Gasteiger charge is 2.24. The minimum absolute atomic E-state index is 0.0712. The molecule has 3 N–H and O–H groups in total. The summed E-state index contributed by atoms with van der Waals surface area (Å²) in [5.41, 5.74) is 1.00. The molecule has 148 valence electrons. The van der Waals surface area contributed by atoms with Gasteiger partial charge >= 0.3 is 7.62 Å². The Balaban J connectivity index is 1.65. The zero-order valence-electron chi connectivity index (χ0n) is 15.7. The lowest BCUT2D eigenvalue weighted by molar-refractivity contribution is 0.0925. The number of anilines is 2. The average molecular weight is 496 g/mol. The largest absolute Gasteiger partial charge is 0.427 e. The minimum atomic E-state index is -0.536. The van der Waals surface area contributed by atoms with Crippen molar-refractivity contribution in [2.24, 2.45) is 0 Å². The summed E-state index contributed by atoms with van der Waals surface area (Å²) >= 11 is 2.21. The predicted octanol–water partition coefficient (Wildman–Crippen LogP) is 3.11. The van der Waals surface area contributed by atoms with E-state index < -0.39 is 5.82 Å². The van der Waals surface area contributed by atoms with E-state index in [9.17, 15) is 9.18 Å². The predicted molar refractivity (Wildman–Crippen MR) is 117 cm³/mol. The van der Waals surface area contributed by atoms with E-state index in [4.69, 9.17) is 4.65 Å². The number of rotatable bonds is 7. The molecule has 0 spiro atoms.